The largest absolute Gasteiger partial charge is 0.377 e. The van der Waals surface area contributed by atoms with Crippen LogP contribution in [0.1, 0.15) is 51.2 Å². The Morgan fingerprint density at radius 1 is 1.03 bits per heavy atom. The first kappa shape index (κ1) is 26.4. The second-order valence-corrected chi connectivity index (χ2v) is 9.04. The maximum absolute atomic E-state index is 13.9. The number of methoxy groups -OCH3 is 1. The van der Waals surface area contributed by atoms with E-state index in [0.717, 1.165) is 23.2 Å². The van der Waals surface area contributed by atoms with E-state index in [1.807, 2.05) is 72.4 Å². The van der Waals surface area contributed by atoms with Gasteiger partial charge in [0.2, 0.25) is 11.8 Å². The first-order valence-electron chi connectivity index (χ1n) is 11.6. The summed E-state index contributed by atoms with van der Waals surface area (Å²) in [6, 6.07) is 15.9. The van der Waals surface area contributed by atoms with Gasteiger partial charge in [-0.2, -0.15) is 0 Å². The van der Waals surface area contributed by atoms with Crippen molar-refractivity contribution in [2.45, 2.75) is 52.6 Å². The summed E-state index contributed by atoms with van der Waals surface area (Å²) in [5.41, 5.74) is 3.73. The van der Waals surface area contributed by atoms with Gasteiger partial charge in [-0.05, 0) is 48.6 Å². The van der Waals surface area contributed by atoms with E-state index in [9.17, 15) is 9.59 Å². The highest BCUT2D eigenvalue weighted by Gasteiger charge is 2.30. The molecule has 0 spiro atoms. The highest BCUT2D eigenvalue weighted by Crippen LogP contribution is 2.30. The van der Waals surface area contributed by atoms with Crippen LogP contribution >= 0.6 is 0 Å². The van der Waals surface area contributed by atoms with Gasteiger partial charge in [0.05, 0.1) is 5.92 Å². The number of carbonyl (C=O) groups excluding carboxylic acids is 2. The van der Waals surface area contributed by atoms with Crippen LogP contribution in [-0.2, 0) is 20.9 Å². The summed E-state index contributed by atoms with van der Waals surface area (Å²) in [5.74, 6) is 0.0255. The van der Waals surface area contributed by atoms with Gasteiger partial charge in [-0.3, -0.25) is 9.59 Å². The first-order valence-corrected chi connectivity index (χ1v) is 11.6. The predicted octanol–water partition coefficient (Wildman–Crippen LogP) is 4.90. The third kappa shape index (κ3) is 7.06. The van der Waals surface area contributed by atoms with Gasteiger partial charge in [-0.1, -0.05) is 51.1 Å². The van der Waals surface area contributed by atoms with Gasteiger partial charge in [-0.25, -0.2) is 0 Å². The zero-order valence-corrected chi connectivity index (χ0v) is 21.1. The van der Waals surface area contributed by atoms with Crippen molar-refractivity contribution in [1.29, 1.82) is 0 Å². The lowest BCUT2D eigenvalue weighted by Crippen LogP contribution is -2.43. The molecule has 0 radical (unpaired) electrons. The molecule has 2 aromatic rings. The molecule has 1 N–H and O–H groups in total. The lowest BCUT2D eigenvalue weighted by Gasteiger charge is -2.36. The van der Waals surface area contributed by atoms with Crippen LogP contribution < -0.4 is 10.2 Å². The van der Waals surface area contributed by atoms with E-state index in [0.29, 0.717) is 18.2 Å². The van der Waals surface area contributed by atoms with E-state index in [4.69, 9.17) is 4.74 Å². The molecule has 2 amide bonds. The van der Waals surface area contributed by atoms with E-state index in [2.05, 4.69) is 33.0 Å². The second kappa shape index (κ2) is 12.4. The summed E-state index contributed by atoms with van der Waals surface area (Å²) in [6.07, 6.45) is 0.734. The van der Waals surface area contributed by atoms with Gasteiger partial charge in [0.15, 0.2) is 0 Å². The normalized spacial score (nSPS) is 12.8. The Kier molecular flexibility index (Phi) is 9.92. The lowest BCUT2D eigenvalue weighted by atomic mass is 9.92. The van der Waals surface area contributed by atoms with Crippen LogP contribution in [0, 0.1) is 5.92 Å². The molecular weight excluding hydrogens is 414 g/mol. The summed E-state index contributed by atoms with van der Waals surface area (Å²) in [4.78, 5) is 30.0. The fraction of sp³-hybridized carbons (Fsp3) is 0.481. The number of nitrogens with one attached hydrogen (secondary N) is 1. The van der Waals surface area contributed by atoms with Crippen molar-refractivity contribution in [1.82, 2.24) is 4.90 Å². The highest BCUT2D eigenvalue weighted by molar-refractivity contribution is 5.92. The van der Waals surface area contributed by atoms with Crippen molar-refractivity contribution < 1.29 is 14.3 Å². The molecule has 2 rings (SSSR count). The molecule has 2 aromatic carbocycles. The van der Waals surface area contributed by atoms with E-state index in [-0.39, 0.29) is 30.4 Å². The van der Waals surface area contributed by atoms with Crippen molar-refractivity contribution in [3.8, 4) is 0 Å². The SMILES string of the molecule is CC[C@H](C(=O)N(Cc1cc(NC(=O)COC)ccc1N(C)C)[C@H](C)C(C)C)c1ccccc1. The Hall–Kier alpha value is -2.86. The molecule has 33 heavy (non-hydrogen) atoms. The van der Waals surface area contributed by atoms with Crippen LogP contribution in [0.15, 0.2) is 48.5 Å². The van der Waals surface area contributed by atoms with Crippen LogP contribution in [0.4, 0.5) is 11.4 Å². The van der Waals surface area contributed by atoms with Crippen molar-refractivity contribution in [2.75, 3.05) is 38.0 Å². The molecule has 180 valence electrons. The summed E-state index contributed by atoms with van der Waals surface area (Å²) in [5, 5.41) is 2.88. The molecular formula is C27H39N3O3. The molecule has 6 nitrogen and oxygen atoms in total. The topological polar surface area (TPSA) is 61.9 Å². The van der Waals surface area contributed by atoms with Crippen LogP contribution in [0.5, 0.6) is 0 Å². The number of rotatable bonds is 11. The van der Waals surface area contributed by atoms with Crippen molar-refractivity contribution in [3.63, 3.8) is 0 Å². The number of hydrogen-bond acceptors (Lipinski definition) is 4. The molecule has 0 saturated carbocycles. The van der Waals surface area contributed by atoms with Crippen molar-refractivity contribution >= 4 is 23.2 Å². The van der Waals surface area contributed by atoms with E-state index in [1.165, 1.54) is 7.11 Å². The van der Waals surface area contributed by atoms with Gasteiger partial charge in [-0.15, -0.1) is 0 Å². The van der Waals surface area contributed by atoms with E-state index < -0.39 is 0 Å². The second-order valence-electron chi connectivity index (χ2n) is 9.04. The molecule has 6 heteroatoms. The van der Waals surface area contributed by atoms with Gasteiger partial charge in [0.1, 0.15) is 6.61 Å². The smallest absolute Gasteiger partial charge is 0.250 e. The molecule has 0 aliphatic heterocycles. The van der Waals surface area contributed by atoms with Crippen LogP contribution in [-0.4, -0.2) is 50.6 Å². The average Bonchev–Trinajstić information content (AvgIpc) is 2.78. The molecule has 0 aliphatic carbocycles. The number of amides is 2. The Bertz CT molecular complexity index is 912. The first-order chi connectivity index (χ1) is 15.7. The molecule has 0 aliphatic rings. The minimum Gasteiger partial charge on any atom is -0.377 e. The molecule has 0 aromatic heterocycles. The standard InChI is InChI=1S/C27H39N3O3/c1-8-24(21-12-10-9-11-13-21)27(32)30(20(4)19(2)3)17-22-16-23(28-26(31)18-33-7)14-15-25(22)29(5)6/h9-16,19-20,24H,8,17-18H2,1-7H3,(H,28,31)/t20-,24+/m1/s1. The number of benzene rings is 2. The van der Waals surface area contributed by atoms with Crippen LogP contribution in [0.3, 0.4) is 0 Å². The number of carbonyl (C=O) groups is 2. The summed E-state index contributed by atoms with van der Waals surface area (Å²) in [6.45, 7) is 8.91. The van der Waals surface area contributed by atoms with Crippen molar-refractivity contribution in [3.05, 3.63) is 59.7 Å². The maximum atomic E-state index is 13.9. The molecule has 0 unspecified atom stereocenters. The Labute approximate surface area is 198 Å². The van der Waals surface area contributed by atoms with Crippen LogP contribution in [0.2, 0.25) is 0 Å². The summed E-state index contributed by atoms with van der Waals surface area (Å²) in [7, 11) is 5.46. The third-order valence-corrected chi connectivity index (χ3v) is 6.11. The molecule has 2 atom stereocenters. The fourth-order valence-corrected chi connectivity index (χ4v) is 3.96. The van der Waals surface area contributed by atoms with Gasteiger partial charge in [0.25, 0.3) is 0 Å². The number of ether oxygens (including phenoxy) is 1. The summed E-state index contributed by atoms with van der Waals surface area (Å²) < 4.78 is 4.93. The van der Waals surface area contributed by atoms with Gasteiger partial charge >= 0.3 is 0 Å². The number of hydrogen-bond donors (Lipinski definition) is 1. The quantitative estimate of drug-likeness (QED) is 0.525. The Morgan fingerprint density at radius 3 is 2.24 bits per heavy atom. The Morgan fingerprint density at radius 2 is 1.70 bits per heavy atom. The third-order valence-electron chi connectivity index (χ3n) is 6.11. The fourth-order valence-electron chi connectivity index (χ4n) is 3.96. The van der Waals surface area contributed by atoms with Gasteiger partial charge in [0, 0.05) is 45.2 Å². The predicted molar refractivity (Wildman–Crippen MR) is 136 cm³/mol. The summed E-state index contributed by atoms with van der Waals surface area (Å²) >= 11 is 0. The molecule has 0 bridgehead atoms. The van der Waals surface area contributed by atoms with Gasteiger partial charge < -0.3 is 19.9 Å². The monoisotopic (exact) mass is 453 g/mol. The number of anilines is 2. The minimum absolute atomic E-state index is 0.00495. The van der Waals surface area contributed by atoms with Crippen molar-refractivity contribution in [2.24, 2.45) is 5.92 Å². The highest BCUT2D eigenvalue weighted by atomic mass is 16.5. The zero-order valence-electron chi connectivity index (χ0n) is 21.1. The van der Waals surface area contributed by atoms with E-state index >= 15 is 0 Å². The van der Waals surface area contributed by atoms with E-state index in [1.54, 1.807) is 0 Å². The maximum Gasteiger partial charge on any atom is 0.250 e. The number of nitrogens with zero attached hydrogens (tertiary/aromatic N) is 2. The lowest BCUT2D eigenvalue weighted by molar-refractivity contribution is -0.136. The molecule has 0 heterocycles. The average molecular weight is 454 g/mol. The molecule has 0 saturated heterocycles. The van der Waals surface area contributed by atoms with Crippen LogP contribution in [0.25, 0.3) is 0 Å². The molecule has 0 fully saturated rings. The minimum atomic E-state index is -0.209. The zero-order chi connectivity index (χ0) is 24.5. The Balaban J connectivity index is 2.44.